The van der Waals surface area contributed by atoms with Gasteiger partial charge in [-0.25, -0.2) is 0 Å². The van der Waals surface area contributed by atoms with E-state index in [0.717, 1.165) is 0 Å². The number of nitriles is 1. The van der Waals surface area contributed by atoms with Crippen molar-refractivity contribution in [1.29, 1.82) is 5.26 Å². The average Bonchev–Trinajstić information content (AvgIpc) is 2.46. The maximum absolute atomic E-state index is 12.4. The van der Waals surface area contributed by atoms with E-state index in [-0.39, 0.29) is 5.78 Å². The van der Waals surface area contributed by atoms with Crippen molar-refractivity contribution in [3.8, 4) is 6.07 Å². The summed E-state index contributed by atoms with van der Waals surface area (Å²) in [6.07, 6.45) is 2.94. The Labute approximate surface area is 116 Å². The van der Waals surface area contributed by atoms with E-state index < -0.39 is 0 Å². The molecule has 92 valence electrons. The first-order chi connectivity index (χ1) is 9.22. The van der Waals surface area contributed by atoms with E-state index in [9.17, 15) is 4.79 Å². The number of benzene rings is 2. The third-order valence-corrected chi connectivity index (χ3v) is 2.87. The second kappa shape index (κ2) is 5.99. The molecule has 0 aliphatic rings. The normalized spacial score (nSPS) is 10.3. The number of halogens is 1. The van der Waals surface area contributed by atoms with Crippen LogP contribution in [0.1, 0.15) is 21.5 Å². The van der Waals surface area contributed by atoms with E-state index in [2.05, 4.69) is 0 Å². The summed E-state index contributed by atoms with van der Waals surface area (Å²) >= 11 is 5.94. The molecule has 0 unspecified atom stereocenters. The highest BCUT2D eigenvalue weighted by atomic mass is 35.5. The molecule has 0 N–H and O–H groups in total. The van der Waals surface area contributed by atoms with E-state index in [1.807, 2.05) is 24.3 Å². The minimum absolute atomic E-state index is 0.110. The van der Waals surface area contributed by atoms with E-state index in [1.165, 1.54) is 6.08 Å². The summed E-state index contributed by atoms with van der Waals surface area (Å²) in [5.41, 5.74) is 1.77. The highest BCUT2D eigenvalue weighted by Gasteiger charge is 2.12. The molecule has 2 rings (SSSR count). The SMILES string of the molecule is N#CC=Cc1ccc(Cl)cc1C(=O)c1ccccc1. The topological polar surface area (TPSA) is 40.9 Å². The molecule has 2 aromatic rings. The smallest absolute Gasteiger partial charge is 0.193 e. The van der Waals surface area contributed by atoms with E-state index in [1.54, 1.807) is 36.4 Å². The quantitative estimate of drug-likeness (QED) is 0.620. The number of hydrogen-bond acceptors (Lipinski definition) is 2. The molecule has 0 atom stereocenters. The van der Waals surface area contributed by atoms with Gasteiger partial charge in [-0.1, -0.05) is 48.0 Å². The number of hydrogen-bond donors (Lipinski definition) is 0. The van der Waals surface area contributed by atoms with Crippen LogP contribution in [0.5, 0.6) is 0 Å². The Kier molecular flexibility index (Phi) is 4.12. The van der Waals surface area contributed by atoms with Gasteiger partial charge in [0.15, 0.2) is 5.78 Å². The van der Waals surface area contributed by atoms with Crippen LogP contribution in [0.3, 0.4) is 0 Å². The molecule has 0 bridgehead atoms. The first-order valence-corrected chi connectivity index (χ1v) is 6.05. The Bertz CT molecular complexity index is 669. The van der Waals surface area contributed by atoms with Crippen LogP contribution in [0, 0.1) is 11.3 Å². The molecule has 0 saturated heterocycles. The van der Waals surface area contributed by atoms with Crippen molar-refractivity contribution in [2.45, 2.75) is 0 Å². The summed E-state index contributed by atoms with van der Waals surface area (Å²) in [6, 6.07) is 15.9. The van der Waals surface area contributed by atoms with Gasteiger partial charge < -0.3 is 0 Å². The average molecular weight is 268 g/mol. The lowest BCUT2D eigenvalue weighted by molar-refractivity contribution is 0.103. The summed E-state index contributed by atoms with van der Waals surface area (Å²) in [4.78, 5) is 12.4. The van der Waals surface area contributed by atoms with Crippen molar-refractivity contribution in [2.24, 2.45) is 0 Å². The number of allylic oxidation sites excluding steroid dienone is 1. The predicted molar refractivity (Wildman–Crippen MR) is 76.0 cm³/mol. The molecule has 2 nitrogen and oxygen atoms in total. The molecule has 0 aliphatic heterocycles. The standard InChI is InChI=1S/C16H10ClNO/c17-14-9-8-12(7-4-10-18)15(11-14)16(19)13-5-2-1-3-6-13/h1-9,11H. The summed E-state index contributed by atoms with van der Waals surface area (Å²) in [5.74, 6) is -0.110. The number of nitrogens with zero attached hydrogens (tertiary/aromatic N) is 1. The minimum Gasteiger partial charge on any atom is -0.289 e. The van der Waals surface area contributed by atoms with Crippen LogP contribution in [0.2, 0.25) is 5.02 Å². The fraction of sp³-hybridized carbons (Fsp3) is 0. The summed E-state index contributed by atoms with van der Waals surface area (Å²) in [7, 11) is 0. The lowest BCUT2D eigenvalue weighted by Gasteiger charge is -2.06. The molecule has 0 aliphatic carbocycles. The van der Waals surface area contributed by atoms with Crippen molar-refractivity contribution in [3.05, 3.63) is 76.3 Å². The van der Waals surface area contributed by atoms with Crippen LogP contribution < -0.4 is 0 Å². The predicted octanol–water partition coefficient (Wildman–Crippen LogP) is 4.11. The van der Waals surface area contributed by atoms with Gasteiger partial charge in [0.25, 0.3) is 0 Å². The second-order valence-electron chi connectivity index (χ2n) is 3.89. The monoisotopic (exact) mass is 267 g/mol. The van der Waals surface area contributed by atoms with Crippen molar-refractivity contribution >= 4 is 23.5 Å². The third-order valence-electron chi connectivity index (χ3n) is 2.63. The molecular formula is C16H10ClNO. The molecule has 2 aromatic carbocycles. The molecule has 0 heterocycles. The van der Waals surface area contributed by atoms with Gasteiger partial charge in [0.2, 0.25) is 0 Å². The van der Waals surface area contributed by atoms with Crippen molar-refractivity contribution in [3.63, 3.8) is 0 Å². The van der Waals surface area contributed by atoms with Gasteiger partial charge in [-0.2, -0.15) is 5.26 Å². The molecule has 0 saturated carbocycles. The van der Waals surface area contributed by atoms with Crippen LogP contribution in [0.25, 0.3) is 6.08 Å². The number of rotatable bonds is 3. The lowest BCUT2D eigenvalue weighted by Crippen LogP contribution is -2.03. The molecule has 0 fully saturated rings. The maximum Gasteiger partial charge on any atom is 0.193 e. The van der Waals surface area contributed by atoms with Gasteiger partial charge in [-0.05, 0) is 23.8 Å². The summed E-state index contributed by atoms with van der Waals surface area (Å²) < 4.78 is 0. The molecule has 0 aromatic heterocycles. The Balaban J connectivity index is 2.49. The van der Waals surface area contributed by atoms with Crippen LogP contribution in [0.4, 0.5) is 0 Å². The molecular weight excluding hydrogens is 258 g/mol. The van der Waals surface area contributed by atoms with Gasteiger partial charge in [0.1, 0.15) is 0 Å². The molecule has 0 amide bonds. The van der Waals surface area contributed by atoms with Crippen molar-refractivity contribution < 1.29 is 4.79 Å². The van der Waals surface area contributed by atoms with Crippen molar-refractivity contribution in [1.82, 2.24) is 0 Å². The Morgan fingerprint density at radius 1 is 1.16 bits per heavy atom. The van der Waals surface area contributed by atoms with Crippen molar-refractivity contribution in [2.75, 3.05) is 0 Å². The first kappa shape index (κ1) is 13.1. The van der Waals surface area contributed by atoms with Gasteiger partial charge in [0, 0.05) is 22.2 Å². The summed E-state index contributed by atoms with van der Waals surface area (Å²) in [5, 5.41) is 9.07. The van der Waals surface area contributed by atoms with E-state index >= 15 is 0 Å². The highest BCUT2D eigenvalue weighted by molar-refractivity contribution is 6.31. The fourth-order valence-electron chi connectivity index (χ4n) is 1.74. The third kappa shape index (κ3) is 3.09. The Morgan fingerprint density at radius 3 is 2.58 bits per heavy atom. The van der Waals surface area contributed by atoms with Crippen LogP contribution in [-0.2, 0) is 0 Å². The van der Waals surface area contributed by atoms with Crippen LogP contribution in [-0.4, -0.2) is 5.78 Å². The van der Waals surface area contributed by atoms with E-state index in [0.29, 0.717) is 21.7 Å². The molecule has 0 radical (unpaired) electrons. The Morgan fingerprint density at radius 2 is 1.89 bits per heavy atom. The van der Waals surface area contributed by atoms with Crippen LogP contribution >= 0.6 is 11.6 Å². The maximum atomic E-state index is 12.4. The molecule has 19 heavy (non-hydrogen) atoms. The largest absolute Gasteiger partial charge is 0.289 e. The minimum atomic E-state index is -0.110. The van der Waals surface area contributed by atoms with E-state index in [4.69, 9.17) is 16.9 Å². The Hall–Kier alpha value is -2.37. The zero-order chi connectivity index (χ0) is 13.7. The lowest BCUT2D eigenvalue weighted by atomic mass is 9.98. The summed E-state index contributed by atoms with van der Waals surface area (Å²) in [6.45, 7) is 0. The van der Waals surface area contributed by atoms with Gasteiger partial charge in [-0.15, -0.1) is 0 Å². The van der Waals surface area contributed by atoms with Gasteiger partial charge in [-0.3, -0.25) is 4.79 Å². The zero-order valence-corrected chi connectivity index (χ0v) is 10.8. The fourth-order valence-corrected chi connectivity index (χ4v) is 1.91. The highest BCUT2D eigenvalue weighted by Crippen LogP contribution is 2.20. The number of carbonyl (C=O) groups is 1. The van der Waals surface area contributed by atoms with Crippen LogP contribution in [0.15, 0.2) is 54.6 Å². The zero-order valence-electron chi connectivity index (χ0n) is 10.0. The molecule has 3 heteroatoms. The number of carbonyl (C=O) groups excluding carboxylic acids is 1. The second-order valence-corrected chi connectivity index (χ2v) is 4.33. The number of ketones is 1. The first-order valence-electron chi connectivity index (χ1n) is 5.68. The van der Waals surface area contributed by atoms with Gasteiger partial charge >= 0.3 is 0 Å². The van der Waals surface area contributed by atoms with Gasteiger partial charge in [0.05, 0.1) is 6.07 Å². The molecule has 0 spiro atoms.